The van der Waals surface area contributed by atoms with Gasteiger partial charge in [0.1, 0.15) is 0 Å². The normalized spacial score (nSPS) is 8.56. The summed E-state index contributed by atoms with van der Waals surface area (Å²) in [4.78, 5) is 0. The van der Waals surface area contributed by atoms with Crippen molar-refractivity contribution < 1.29 is 0 Å². The minimum Gasteiger partial charge on any atom is -0.0871 e. The summed E-state index contributed by atoms with van der Waals surface area (Å²) < 4.78 is 0. The first-order valence-corrected chi connectivity index (χ1v) is 7.26. The second kappa shape index (κ2) is 18.3. The summed E-state index contributed by atoms with van der Waals surface area (Å²) in [5.41, 5.74) is 2.64. The maximum atomic E-state index is 2.17. The van der Waals surface area contributed by atoms with E-state index in [0.29, 0.717) is 0 Å². The quantitative estimate of drug-likeness (QED) is 0.517. The van der Waals surface area contributed by atoms with Crippen molar-refractivity contribution in [2.45, 2.75) is 62.3 Å². The molecule has 0 fully saturated rings. The lowest BCUT2D eigenvalue weighted by Crippen LogP contribution is -1.76. The molecule has 1 rings (SSSR count). The van der Waals surface area contributed by atoms with Gasteiger partial charge in [-0.1, -0.05) is 84.9 Å². The lowest BCUT2D eigenvalue weighted by molar-refractivity contribution is 0.737. The molecule has 0 heterocycles. The molecule has 0 saturated heterocycles. The zero-order valence-electron chi connectivity index (χ0n) is 14.0. The lowest BCUT2D eigenvalue weighted by atomic mass is 10.1. The minimum atomic E-state index is 0.833. The van der Waals surface area contributed by atoms with Crippen molar-refractivity contribution in [1.29, 1.82) is 0 Å². The zero-order chi connectivity index (χ0) is 15.0. The maximum absolute atomic E-state index is 2.17. The van der Waals surface area contributed by atoms with Crippen LogP contribution in [0.2, 0.25) is 0 Å². The second-order valence-electron chi connectivity index (χ2n) is 4.09. The van der Waals surface area contributed by atoms with Crippen LogP contribution in [0, 0.1) is 12.8 Å². The Morgan fingerprint density at radius 1 is 0.889 bits per heavy atom. The van der Waals surface area contributed by atoms with Crippen LogP contribution in [0.1, 0.15) is 66.5 Å². The molecule has 0 spiro atoms. The van der Waals surface area contributed by atoms with Gasteiger partial charge >= 0.3 is 0 Å². The number of benzene rings is 1. The van der Waals surface area contributed by atoms with Gasteiger partial charge in [0, 0.05) is 0 Å². The first-order valence-electron chi connectivity index (χ1n) is 7.26. The topological polar surface area (TPSA) is 0 Å². The highest BCUT2D eigenvalue weighted by Gasteiger charge is 1.87. The first kappa shape index (κ1) is 22.2. The zero-order valence-corrected chi connectivity index (χ0v) is 14.0. The Hall–Kier alpha value is -1.04. The van der Waals surface area contributed by atoms with Gasteiger partial charge in [-0.2, -0.15) is 0 Å². The summed E-state index contributed by atoms with van der Waals surface area (Å²) in [6, 6.07) is 8.36. The van der Waals surface area contributed by atoms with E-state index >= 15 is 0 Å². The molecule has 0 atom stereocenters. The van der Waals surface area contributed by atoms with Crippen molar-refractivity contribution in [1.82, 2.24) is 0 Å². The minimum absolute atomic E-state index is 0.833. The fourth-order valence-corrected chi connectivity index (χ4v) is 0.953. The molecule has 0 aliphatic carbocycles. The Balaban J connectivity index is -0.000000238. The maximum Gasteiger partial charge on any atom is -0.0231 e. The average Bonchev–Trinajstić information content (AvgIpc) is 2.37. The van der Waals surface area contributed by atoms with E-state index in [1.54, 1.807) is 0 Å². The number of hydrogen-bond donors (Lipinski definition) is 0. The van der Waals surface area contributed by atoms with Crippen molar-refractivity contribution in [3.05, 3.63) is 41.5 Å². The molecule has 0 amide bonds. The average molecular weight is 250 g/mol. The van der Waals surface area contributed by atoms with E-state index in [1.165, 1.54) is 11.1 Å². The van der Waals surface area contributed by atoms with Gasteiger partial charge in [-0.3, -0.25) is 0 Å². The van der Waals surface area contributed by atoms with Gasteiger partial charge in [0.2, 0.25) is 0 Å². The fraction of sp³-hybridized carbons (Fsp3) is 0.556. The lowest BCUT2D eigenvalue weighted by Gasteiger charge is -1.96. The van der Waals surface area contributed by atoms with Gasteiger partial charge in [0.15, 0.2) is 0 Å². The Morgan fingerprint density at radius 3 is 1.61 bits per heavy atom. The number of rotatable bonds is 1. The molecule has 0 nitrogen and oxygen atoms in total. The molecule has 0 bridgehead atoms. The Bertz CT molecular complexity index is 266. The van der Waals surface area contributed by atoms with E-state index < -0.39 is 0 Å². The van der Waals surface area contributed by atoms with E-state index in [4.69, 9.17) is 0 Å². The Morgan fingerprint density at radius 2 is 1.28 bits per heavy atom. The molecule has 1 aromatic carbocycles. The summed E-state index contributed by atoms with van der Waals surface area (Å²) in [6.07, 6.45) is 4.18. The van der Waals surface area contributed by atoms with Crippen molar-refractivity contribution in [3.8, 4) is 0 Å². The van der Waals surface area contributed by atoms with Crippen LogP contribution in [0.15, 0.2) is 30.3 Å². The van der Waals surface area contributed by atoms with Gasteiger partial charge < -0.3 is 0 Å². The molecule has 0 aliphatic heterocycles. The molecule has 106 valence electrons. The summed E-state index contributed by atoms with van der Waals surface area (Å²) >= 11 is 0. The molecule has 0 N–H and O–H groups in total. The monoisotopic (exact) mass is 250 g/mol. The Labute approximate surface area is 116 Å². The molecule has 0 aliphatic rings. The van der Waals surface area contributed by atoms with Crippen molar-refractivity contribution >= 4 is 6.08 Å². The van der Waals surface area contributed by atoms with Gasteiger partial charge in [-0.05, 0) is 30.9 Å². The number of allylic oxidation sites excluding steroid dienone is 1. The van der Waals surface area contributed by atoms with Crippen LogP contribution in [0.3, 0.4) is 0 Å². The third kappa shape index (κ3) is 17.4. The van der Waals surface area contributed by atoms with Crippen molar-refractivity contribution in [2.24, 2.45) is 5.92 Å². The summed E-state index contributed by atoms with van der Waals surface area (Å²) in [7, 11) is 0. The van der Waals surface area contributed by atoms with Gasteiger partial charge in [0.05, 0.1) is 0 Å². The largest absolute Gasteiger partial charge is 0.0871 e. The van der Waals surface area contributed by atoms with Gasteiger partial charge in [-0.25, -0.2) is 0 Å². The van der Waals surface area contributed by atoms with Crippen molar-refractivity contribution in [3.63, 3.8) is 0 Å². The molecule has 18 heavy (non-hydrogen) atoms. The standard InChI is InChI=1S/C10H12.C4H10.2C2H6/c1-3-6-10-8-5-4-7-9(10)2;1-4(2)3;2*1-2/h3-8H,1-2H3;4H,1-3H3;2*1-2H3/b6-3-;;;. The van der Waals surface area contributed by atoms with E-state index in [2.05, 4.69) is 64.1 Å². The Kier molecular flexibility index (Phi) is 22.6. The highest BCUT2D eigenvalue weighted by Crippen LogP contribution is 2.07. The molecule has 0 aromatic heterocycles. The van der Waals surface area contributed by atoms with Crippen LogP contribution in [0.25, 0.3) is 6.08 Å². The van der Waals surface area contributed by atoms with Crippen LogP contribution in [0.4, 0.5) is 0 Å². The highest BCUT2D eigenvalue weighted by molar-refractivity contribution is 5.52. The summed E-state index contributed by atoms with van der Waals surface area (Å²) in [5.74, 6) is 0.833. The van der Waals surface area contributed by atoms with Crippen LogP contribution in [-0.4, -0.2) is 0 Å². The van der Waals surface area contributed by atoms with Crippen LogP contribution in [0.5, 0.6) is 0 Å². The number of hydrogen-bond acceptors (Lipinski definition) is 0. The smallest absolute Gasteiger partial charge is 0.0231 e. The van der Waals surface area contributed by atoms with Crippen LogP contribution < -0.4 is 0 Å². The third-order valence-electron chi connectivity index (χ3n) is 1.53. The molecule has 0 radical (unpaired) electrons. The van der Waals surface area contributed by atoms with Gasteiger partial charge in [0.25, 0.3) is 0 Å². The van der Waals surface area contributed by atoms with E-state index in [9.17, 15) is 0 Å². The SMILES string of the molecule is C/C=C\c1ccccc1C.CC.CC.CC(C)C. The van der Waals surface area contributed by atoms with Crippen molar-refractivity contribution in [2.75, 3.05) is 0 Å². The van der Waals surface area contributed by atoms with E-state index in [1.807, 2.05) is 34.6 Å². The highest BCUT2D eigenvalue weighted by atomic mass is 13.9. The summed E-state index contributed by atoms with van der Waals surface area (Å²) in [5, 5.41) is 0. The number of aryl methyl sites for hydroxylation is 1. The molecule has 0 heteroatoms. The molecular formula is C18H34. The fourth-order valence-electron chi connectivity index (χ4n) is 0.953. The van der Waals surface area contributed by atoms with E-state index in [-0.39, 0.29) is 0 Å². The molecule has 0 unspecified atom stereocenters. The molecule has 0 saturated carbocycles. The predicted octanol–water partition coefficient (Wildman–Crippen LogP) is 6.74. The predicted molar refractivity (Wildman–Crippen MR) is 89.1 cm³/mol. The summed E-state index contributed by atoms with van der Waals surface area (Å²) in [6.45, 7) is 18.7. The van der Waals surface area contributed by atoms with Crippen LogP contribution in [-0.2, 0) is 0 Å². The molecule has 1 aromatic rings. The third-order valence-corrected chi connectivity index (χ3v) is 1.53. The van der Waals surface area contributed by atoms with E-state index in [0.717, 1.165) is 5.92 Å². The van der Waals surface area contributed by atoms with Crippen LogP contribution >= 0.6 is 0 Å². The van der Waals surface area contributed by atoms with Gasteiger partial charge in [-0.15, -0.1) is 0 Å². The second-order valence-corrected chi connectivity index (χ2v) is 4.09. The molecular weight excluding hydrogens is 216 g/mol. The first-order chi connectivity index (χ1) is 8.57.